The van der Waals surface area contributed by atoms with Crippen LogP contribution in [0.3, 0.4) is 0 Å². The lowest BCUT2D eigenvalue weighted by Crippen LogP contribution is -2.33. The van der Waals surface area contributed by atoms with Crippen LogP contribution < -0.4 is 11.1 Å². The average Bonchev–Trinajstić information content (AvgIpc) is 3.08. The fraction of sp³-hybridized carbons (Fsp3) is 0.435. The molecule has 4 heteroatoms. The highest BCUT2D eigenvalue weighted by atomic mass is 16.4. The molecule has 1 atom stereocenters. The van der Waals surface area contributed by atoms with Crippen LogP contribution in [-0.2, 0) is 0 Å². The van der Waals surface area contributed by atoms with Crippen LogP contribution in [0.25, 0.3) is 11.1 Å². The predicted molar refractivity (Wildman–Crippen MR) is 109 cm³/mol. The Balaban J connectivity index is 1.25. The smallest absolute Gasteiger partial charge is 0.408 e. The second kappa shape index (κ2) is 8.13. The van der Waals surface area contributed by atoms with Crippen LogP contribution in [0, 0.1) is 0 Å². The van der Waals surface area contributed by atoms with E-state index >= 15 is 0 Å². The van der Waals surface area contributed by atoms with E-state index in [1.165, 1.54) is 43.2 Å². The maximum Gasteiger partial charge on any atom is 0.417 e. The summed E-state index contributed by atoms with van der Waals surface area (Å²) in [7, 11) is 0. The number of aromatic amines is 1. The van der Waals surface area contributed by atoms with Crippen LogP contribution in [0.1, 0.15) is 62.0 Å². The van der Waals surface area contributed by atoms with Crippen molar-refractivity contribution in [2.75, 3.05) is 6.54 Å². The van der Waals surface area contributed by atoms with Gasteiger partial charge >= 0.3 is 5.76 Å². The van der Waals surface area contributed by atoms with Crippen molar-refractivity contribution in [3.8, 4) is 0 Å². The minimum absolute atomic E-state index is 0.375. The van der Waals surface area contributed by atoms with Gasteiger partial charge in [0.1, 0.15) is 0 Å². The monoisotopic (exact) mass is 364 g/mol. The number of benzene rings is 2. The van der Waals surface area contributed by atoms with Gasteiger partial charge in [-0.3, -0.25) is 4.98 Å². The first-order valence-corrected chi connectivity index (χ1v) is 10.1. The van der Waals surface area contributed by atoms with Crippen molar-refractivity contribution in [1.82, 2.24) is 10.3 Å². The first-order chi connectivity index (χ1) is 13.2. The number of aromatic nitrogens is 1. The third-order valence-corrected chi connectivity index (χ3v) is 6.02. The summed E-state index contributed by atoms with van der Waals surface area (Å²) in [5.74, 6) is 0.786. The predicted octanol–water partition coefficient (Wildman–Crippen LogP) is 4.93. The van der Waals surface area contributed by atoms with Gasteiger partial charge in [-0.25, -0.2) is 4.79 Å². The number of rotatable bonds is 6. The lowest BCUT2D eigenvalue weighted by Gasteiger charge is -2.30. The van der Waals surface area contributed by atoms with E-state index in [4.69, 9.17) is 4.42 Å². The van der Waals surface area contributed by atoms with E-state index < -0.39 is 0 Å². The lowest BCUT2D eigenvalue weighted by molar-refractivity contribution is 0.339. The molecule has 142 valence electrons. The van der Waals surface area contributed by atoms with E-state index in [1.54, 1.807) is 0 Å². The second-order valence-corrected chi connectivity index (χ2v) is 7.87. The van der Waals surface area contributed by atoms with Crippen LogP contribution in [0.15, 0.2) is 57.7 Å². The highest BCUT2D eigenvalue weighted by Crippen LogP contribution is 2.34. The molecule has 1 unspecified atom stereocenters. The second-order valence-electron chi connectivity index (χ2n) is 7.87. The van der Waals surface area contributed by atoms with Gasteiger partial charge in [0.25, 0.3) is 0 Å². The van der Waals surface area contributed by atoms with Gasteiger partial charge in [-0.05, 0) is 73.7 Å². The summed E-state index contributed by atoms with van der Waals surface area (Å²) >= 11 is 0. The highest BCUT2D eigenvalue weighted by Gasteiger charge is 2.22. The van der Waals surface area contributed by atoms with Crippen molar-refractivity contribution in [3.05, 3.63) is 70.2 Å². The molecule has 4 rings (SSSR count). The van der Waals surface area contributed by atoms with Gasteiger partial charge in [-0.2, -0.15) is 0 Å². The van der Waals surface area contributed by atoms with E-state index in [-0.39, 0.29) is 5.76 Å². The van der Waals surface area contributed by atoms with E-state index in [2.05, 4.69) is 53.6 Å². The molecule has 0 spiro atoms. The van der Waals surface area contributed by atoms with Crippen molar-refractivity contribution in [2.24, 2.45) is 0 Å². The van der Waals surface area contributed by atoms with Gasteiger partial charge < -0.3 is 9.73 Å². The Morgan fingerprint density at radius 2 is 1.89 bits per heavy atom. The molecular formula is C23H28N2O2. The summed E-state index contributed by atoms with van der Waals surface area (Å²) in [6.07, 6.45) is 5.96. The topological polar surface area (TPSA) is 58.0 Å². The third-order valence-electron chi connectivity index (χ3n) is 6.02. The maximum absolute atomic E-state index is 11.3. The Kier molecular flexibility index (Phi) is 5.44. The molecule has 0 aliphatic heterocycles. The van der Waals surface area contributed by atoms with Crippen molar-refractivity contribution >= 4 is 11.1 Å². The molecule has 1 aliphatic carbocycles. The molecule has 4 nitrogen and oxygen atoms in total. The van der Waals surface area contributed by atoms with E-state index in [1.807, 2.05) is 12.1 Å². The Labute approximate surface area is 160 Å². The Hall–Kier alpha value is -2.33. The number of H-pyrrole nitrogens is 1. The summed E-state index contributed by atoms with van der Waals surface area (Å²) in [5.41, 5.74) is 4.18. The van der Waals surface area contributed by atoms with Crippen LogP contribution >= 0.6 is 0 Å². The fourth-order valence-corrected chi connectivity index (χ4v) is 4.30. The molecule has 1 aromatic heterocycles. The molecule has 1 saturated carbocycles. The lowest BCUT2D eigenvalue weighted by atomic mass is 9.81. The molecule has 3 aromatic rings. The standard InChI is InChI=1S/C23H28N2O2/c1-16(17-5-3-2-4-6-17)13-14-24-20-10-7-18(8-11-20)19-9-12-21-22(15-19)27-23(26)25-21/h2-6,9,12,15-16,18,20,24H,7-8,10-11,13-14H2,1H3,(H,25,26)/t16?,18-,20-. The van der Waals surface area contributed by atoms with E-state index in [0.717, 1.165) is 12.1 Å². The van der Waals surface area contributed by atoms with Crippen LogP contribution in [0.5, 0.6) is 0 Å². The average molecular weight is 364 g/mol. The van der Waals surface area contributed by atoms with Crippen LogP contribution in [0.4, 0.5) is 0 Å². The first-order valence-electron chi connectivity index (χ1n) is 10.1. The largest absolute Gasteiger partial charge is 0.417 e. The van der Waals surface area contributed by atoms with Crippen LogP contribution in [0.2, 0.25) is 0 Å². The quantitative estimate of drug-likeness (QED) is 0.652. The number of hydrogen-bond donors (Lipinski definition) is 2. The molecular weight excluding hydrogens is 336 g/mol. The minimum Gasteiger partial charge on any atom is -0.408 e. The number of nitrogens with one attached hydrogen (secondary N) is 2. The van der Waals surface area contributed by atoms with Crippen molar-refractivity contribution < 1.29 is 4.42 Å². The van der Waals surface area contributed by atoms with Crippen molar-refractivity contribution in [3.63, 3.8) is 0 Å². The summed E-state index contributed by atoms with van der Waals surface area (Å²) in [6, 6.07) is 17.5. The fourth-order valence-electron chi connectivity index (χ4n) is 4.30. The van der Waals surface area contributed by atoms with Crippen LogP contribution in [-0.4, -0.2) is 17.6 Å². The highest BCUT2D eigenvalue weighted by molar-refractivity contribution is 5.72. The molecule has 0 bridgehead atoms. The van der Waals surface area contributed by atoms with Crippen molar-refractivity contribution in [2.45, 2.75) is 56.9 Å². The first kappa shape index (κ1) is 18.1. The molecule has 27 heavy (non-hydrogen) atoms. The zero-order valence-corrected chi connectivity index (χ0v) is 15.9. The Morgan fingerprint density at radius 1 is 1.11 bits per heavy atom. The zero-order chi connectivity index (χ0) is 18.6. The molecule has 1 aliphatic rings. The Bertz CT molecular complexity index is 920. The normalized spacial score (nSPS) is 21.4. The molecule has 0 saturated heterocycles. The SMILES string of the molecule is CC(CCN[C@H]1CC[C@H](c2ccc3[nH]c(=O)oc3c2)CC1)c1ccccc1. The molecule has 0 radical (unpaired) electrons. The zero-order valence-electron chi connectivity index (χ0n) is 15.9. The van der Waals surface area contributed by atoms with Gasteiger partial charge in [0.05, 0.1) is 5.52 Å². The van der Waals surface area contributed by atoms with Gasteiger partial charge in [-0.1, -0.05) is 43.3 Å². The summed E-state index contributed by atoms with van der Waals surface area (Å²) < 4.78 is 5.21. The summed E-state index contributed by atoms with van der Waals surface area (Å²) in [6.45, 7) is 3.38. The van der Waals surface area contributed by atoms with Gasteiger partial charge in [0.2, 0.25) is 0 Å². The van der Waals surface area contributed by atoms with Gasteiger partial charge in [0, 0.05) is 6.04 Å². The summed E-state index contributed by atoms with van der Waals surface area (Å²) in [4.78, 5) is 14.0. The summed E-state index contributed by atoms with van der Waals surface area (Å²) in [5, 5.41) is 3.76. The molecule has 2 N–H and O–H groups in total. The minimum atomic E-state index is -0.375. The molecule has 2 aromatic carbocycles. The van der Waals surface area contributed by atoms with Crippen molar-refractivity contribution in [1.29, 1.82) is 0 Å². The number of fused-ring (bicyclic) bond motifs is 1. The van der Waals surface area contributed by atoms with Gasteiger partial charge in [-0.15, -0.1) is 0 Å². The molecule has 0 amide bonds. The Morgan fingerprint density at radius 3 is 2.67 bits per heavy atom. The number of hydrogen-bond acceptors (Lipinski definition) is 3. The number of oxazole rings is 1. The van der Waals surface area contributed by atoms with E-state index in [9.17, 15) is 4.79 Å². The maximum atomic E-state index is 11.3. The third kappa shape index (κ3) is 4.33. The molecule has 1 fully saturated rings. The van der Waals surface area contributed by atoms with Gasteiger partial charge in [0.15, 0.2) is 5.58 Å². The van der Waals surface area contributed by atoms with E-state index in [0.29, 0.717) is 23.5 Å². The molecule has 1 heterocycles.